The van der Waals surface area contributed by atoms with Crippen molar-refractivity contribution in [1.29, 1.82) is 0 Å². The van der Waals surface area contributed by atoms with Gasteiger partial charge in [0, 0.05) is 31.8 Å². The molecule has 1 heterocycles. The number of ketones is 2. The summed E-state index contributed by atoms with van der Waals surface area (Å²) in [6.45, 7) is 2.74. The van der Waals surface area contributed by atoms with Crippen LogP contribution in [0.4, 0.5) is 4.79 Å². The summed E-state index contributed by atoms with van der Waals surface area (Å²) in [7, 11) is 0. The number of amides is 2. The van der Waals surface area contributed by atoms with Crippen LogP contribution in [0.15, 0.2) is 35.3 Å². The third-order valence-electron chi connectivity index (χ3n) is 7.56. The first-order valence-corrected chi connectivity index (χ1v) is 13.7. The number of aliphatic imine (C=N–C) groups is 1. The van der Waals surface area contributed by atoms with Crippen LogP contribution >= 0.6 is 0 Å². The molecule has 0 aromatic heterocycles. The minimum absolute atomic E-state index is 0.00190. The molecule has 0 radical (unpaired) electrons. The number of nitrogens with zero attached hydrogens (tertiary/aromatic N) is 2. The molecule has 1 aromatic rings. The number of hydrogen-bond donors (Lipinski definition) is 3. The lowest BCUT2D eigenvalue weighted by atomic mass is 9.88. The third-order valence-corrected chi connectivity index (χ3v) is 7.56. The number of ether oxygens (including phenoxy) is 1. The number of alkyl carbamates (subject to hydrolysis) is 1. The number of rotatable bonds is 13. The Bertz CT molecular complexity index is 1000. The average Bonchev–Trinajstić information content (AvgIpc) is 3.59. The SMILES string of the molecule is CCC(=O)[C@H](CCCN=C(N)N)CC(=O)[C@@H]1CCCN1C(=O)C1(NC(=O)OCc2ccccc2)CCCC1. The summed E-state index contributed by atoms with van der Waals surface area (Å²) in [5, 5.41) is 2.86. The van der Waals surface area contributed by atoms with Crippen LogP contribution in [0.1, 0.15) is 76.7 Å². The standard InChI is InChI=1S/C28H41N5O5/c1-2-23(34)21(12-8-16-31-26(29)30)18-24(35)22-13-9-17-33(22)25(36)28(14-6-7-15-28)32-27(37)38-19-20-10-4-3-5-11-20/h3-5,10-11,21-22H,2,6-9,12-19H2,1H3,(H,32,37)(H4,29,30,31)/t21-,22+/m1/s1. The molecule has 3 rings (SSSR count). The summed E-state index contributed by atoms with van der Waals surface area (Å²) < 4.78 is 5.40. The van der Waals surface area contributed by atoms with Gasteiger partial charge >= 0.3 is 6.09 Å². The number of carbonyl (C=O) groups is 4. The van der Waals surface area contributed by atoms with E-state index in [9.17, 15) is 19.2 Å². The maximum Gasteiger partial charge on any atom is 0.408 e. The highest BCUT2D eigenvalue weighted by Crippen LogP contribution is 2.35. The van der Waals surface area contributed by atoms with E-state index in [1.54, 1.807) is 11.8 Å². The summed E-state index contributed by atoms with van der Waals surface area (Å²) in [5.74, 6) is -0.740. The van der Waals surface area contributed by atoms with Crippen molar-refractivity contribution in [3.05, 3.63) is 35.9 Å². The lowest BCUT2D eigenvalue weighted by Crippen LogP contribution is -2.60. The van der Waals surface area contributed by atoms with Crippen LogP contribution in [0.25, 0.3) is 0 Å². The zero-order valence-corrected chi connectivity index (χ0v) is 22.3. The molecule has 2 amide bonds. The number of nitrogens with one attached hydrogen (secondary N) is 1. The van der Waals surface area contributed by atoms with Gasteiger partial charge in [0.05, 0.1) is 6.04 Å². The van der Waals surface area contributed by atoms with E-state index in [1.165, 1.54) is 0 Å². The van der Waals surface area contributed by atoms with Crippen molar-refractivity contribution in [2.24, 2.45) is 22.4 Å². The van der Waals surface area contributed by atoms with Gasteiger partial charge in [-0.1, -0.05) is 50.1 Å². The number of nitrogens with two attached hydrogens (primary N) is 2. The lowest BCUT2D eigenvalue weighted by Gasteiger charge is -2.35. The van der Waals surface area contributed by atoms with Crippen LogP contribution < -0.4 is 16.8 Å². The van der Waals surface area contributed by atoms with Crippen LogP contribution in [0.5, 0.6) is 0 Å². The molecule has 0 unspecified atom stereocenters. The third kappa shape index (κ3) is 7.79. The summed E-state index contributed by atoms with van der Waals surface area (Å²) in [6.07, 6.45) is 4.76. The van der Waals surface area contributed by atoms with Crippen LogP contribution in [0.3, 0.4) is 0 Å². The lowest BCUT2D eigenvalue weighted by molar-refractivity contribution is -0.143. The fourth-order valence-corrected chi connectivity index (χ4v) is 5.54. The summed E-state index contributed by atoms with van der Waals surface area (Å²) in [5.41, 5.74) is 10.5. The highest BCUT2D eigenvalue weighted by Gasteiger charge is 2.48. The van der Waals surface area contributed by atoms with Crippen molar-refractivity contribution >= 4 is 29.5 Å². The molecule has 1 aliphatic heterocycles. The molecule has 1 aromatic carbocycles. The highest BCUT2D eigenvalue weighted by molar-refractivity contribution is 5.96. The van der Waals surface area contributed by atoms with Crippen LogP contribution in [0, 0.1) is 5.92 Å². The topological polar surface area (TPSA) is 157 Å². The molecular weight excluding hydrogens is 486 g/mol. The summed E-state index contributed by atoms with van der Waals surface area (Å²) >= 11 is 0. The molecule has 5 N–H and O–H groups in total. The Morgan fingerprint density at radius 3 is 2.50 bits per heavy atom. The largest absolute Gasteiger partial charge is 0.445 e. The Balaban J connectivity index is 1.64. The van der Waals surface area contributed by atoms with Crippen molar-refractivity contribution < 1.29 is 23.9 Å². The zero-order chi connectivity index (χ0) is 27.5. The molecule has 1 saturated heterocycles. The number of hydrogen-bond acceptors (Lipinski definition) is 6. The van der Waals surface area contributed by atoms with E-state index in [-0.39, 0.29) is 36.5 Å². The number of likely N-dealkylation sites (tertiary alicyclic amines) is 1. The van der Waals surface area contributed by atoms with Gasteiger partial charge < -0.3 is 26.4 Å². The molecule has 2 fully saturated rings. The van der Waals surface area contributed by atoms with Crippen molar-refractivity contribution in [2.45, 2.75) is 89.3 Å². The second-order valence-electron chi connectivity index (χ2n) is 10.3. The van der Waals surface area contributed by atoms with E-state index in [0.29, 0.717) is 58.0 Å². The molecule has 0 spiro atoms. The summed E-state index contributed by atoms with van der Waals surface area (Å²) in [4.78, 5) is 58.1. The predicted octanol–water partition coefficient (Wildman–Crippen LogP) is 2.82. The first-order valence-electron chi connectivity index (χ1n) is 13.7. The first kappa shape index (κ1) is 29.1. The molecule has 0 bridgehead atoms. The van der Waals surface area contributed by atoms with E-state index in [2.05, 4.69) is 10.3 Å². The van der Waals surface area contributed by atoms with Crippen molar-refractivity contribution in [1.82, 2.24) is 10.2 Å². The normalized spacial score (nSPS) is 19.0. The number of benzene rings is 1. The van der Waals surface area contributed by atoms with Crippen LogP contribution in [0.2, 0.25) is 0 Å². The molecule has 1 aliphatic carbocycles. The van der Waals surface area contributed by atoms with Crippen LogP contribution in [-0.4, -0.2) is 59.1 Å². The second kappa shape index (κ2) is 13.9. The van der Waals surface area contributed by atoms with Gasteiger partial charge in [0.25, 0.3) is 0 Å². The fraction of sp³-hybridized carbons (Fsp3) is 0.607. The number of Topliss-reactive ketones (excluding diaryl/α,β-unsaturated/α-hetero) is 2. The Labute approximate surface area is 224 Å². The van der Waals surface area contributed by atoms with Gasteiger partial charge in [0.2, 0.25) is 5.91 Å². The molecule has 10 nitrogen and oxygen atoms in total. The smallest absolute Gasteiger partial charge is 0.408 e. The van der Waals surface area contributed by atoms with Gasteiger partial charge in [-0.15, -0.1) is 0 Å². The molecule has 10 heteroatoms. The molecular formula is C28H41N5O5. The van der Waals surface area contributed by atoms with Gasteiger partial charge in [0.15, 0.2) is 11.7 Å². The minimum atomic E-state index is -1.07. The Hall–Kier alpha value is -3.43. The van der Waals surface area contributed by atoms with E-state index < -0.39 is 23.6 Å². The average molecular weight is 528 g/mol. The van der Waals surface area contributed by atoms with E-state index in [0.717, 1.165) is 18.4 Å². The van der Waals surface area contributed by atoms with Gasteiger partial charge in [0.1, 0.15) is 17.9 Å². The van der Waals surface area contributed by atoms with Crippen molar-refractivity contribution in [3.8, 4) is 0 Å². The number of carbonyl (C=O) groups excluding carboxylic acids is 4. The molecule has 1 saturated carbocycles. The number of guanidine groups is 1. The first-order chi connectivity index (χ1) is 18.3. The van der Waals surface area contributed by atoms with Gasteiger partial charge in [-0.3, -0.25) is 19.4 Å². The van der Waals surface area contributed by atoms with E-state index >= 15 is 0 Å². The van der Waals surface area contributed by atoms with Gasteiger partial charge in [-0.2, -0.15) is 0 Å². The predicted molar refractivity (Wildman–Crippen MR) is 144 cm³/mol. The monoisotopic (exact) mass is 527 g/mol. The molecule has 208 valence electrons. The minimum Gasteiger partial charge on any atom is -0.445 e. The summed E-state index contributed by atoms with van der Waals surface area (Å²) in [6, 6.07) is 8.75. The molecule has 2 aliphatic rings. The second-order valence-corrected chi connectivity index (χ2v) is 10.3. The Kier molecular flexibility index (Phi) is 10.7. The highest BCUT2D eigenvalue weighted by atomic mass is 16.5. The maximum atomic E-state index is 13.8. The Morgan fingerprint density at radius 2 is 1.84 bits per heavy atom. The molecule has 38 heavy (non-hydrogen) atoms. The Morgan fingerprint density at radius 1 is 1.13 bits per heavy atom. The fourth-order valence-electron chi connectivity index (χ4n) is 5.54. The van der Waals surface area contributed by atoms with Gasteiger partial charge in [-0.25, -0.2) is 4.79 Å². The van der Waals surface area contributed by atoms with Gasteiger partial charge in [-0.05, 0) is 44.1 Å². The quantitative estimate of drug-likeness (QED) is 0.202. The van der Waals surface area contributed by atoms with Crippen molar-refractivity contribution in [3.63, 3.8) is 0 Å². The molecule has 2 atom stereocenters. The maximum absolute atomic E-state index is 13.8. The van der Waals surface area contributed by atoms with E-state index in [4.69, 9.17) is 16.2 Å². The van der Waals surface area contributed by atoms with Crippen LogP contribution in [-0.2, 0) is 25.7 Å². The van der Waals surface area contributed by atoms with E-state index in [1.807, 2.05) is 30.3 Å². The zero-order valence-electron chi connectivity index (χ0n) is 22.3. The van der Waals surface area contributed by atoms with Crippen molar-refractivity contribution in [2.75, 3.05) is 13.1 Å².